The summed E-state index contributed by atoms with van der Waals surface area (Å²) in [4.78, 5) is 0. The van der Waals surface area contributed by atoms with Crippen LogP contribution in [0.3, 0.4) is 0 Å². The Hall–Kier alpha value is -0.870. The minimum atomic E-state index is -3.39. The molecule has 1 rings (SSSR count). The second-order valence-corrected chi connectivity index (χ2v) is 5.09. The third-order valence-electron chi connectivity index (χ3n) is 2.01. The van der Waals surface area contributed by atoms with Crippen molar-refractivity contribution >= 4 is 10.1 Å². The molecule has 4 heteroatoms. The van der Waals surface area contributed by atoms with Crippen molar-refractivity contribution < 1.29 is 12.6 Å². The summed E-state index contributed by atoms with van der Waals surface area (Å²) in [5, 5.41) is 0. The number of rotatable bonds is 5. The molecule has 0 saturated heterocycles. The smallest absolute Gasteiger partial charge is 0.262 e. The summed E-state index contributed by atoms with van der Waals surface area (Å²) < 4.78 is 27.2. The van der Waals surface area contributed by atoms with Crippen LogP contribution in [0.5, 0.6) is 0 Å². The van der Waals surface area contributed by atoms with E-state index in [1.807, 2.05) is 37.3 Å². The quantitative estimate of drug-likeness (QED) is 0.727. The van der Waals surface area contributed by atoms with Gasteiger partial charge in [0.25, 0.3) is 10.1 Å². The first-order valence-electron chi connectivity index (χ1n) is 4.96. The Morgan fingerprint density at radius 3 is 2.33 bits per heavy atom. The van der Waals surface area contributed by atoms with Gasteiger partial charge in [0, 0.05) is 0 Å². The average molecular weight is 228 g/mol. The van der Waals surface area contributed by atoms with Gasteiger partial charge in [-0.1, -0.05) is 43.7 Å². The molecule has 1 aromatic carbocycles. The third kappa shape index (κ3) is 4.44. The molecule has 0 N–H and O–H groups in total. The summed E-state index contributed by atoms with van der Waals surface area (Å²) >= 11 is 0. The van der Waals surface area contributed by atoms with Crippen molar-refractivity contribution in [1.82, 2.24) is 0 Å². The molecule has 1 aromatic rings. The Bertz CT molecular complexity index is 384. The van der Waals surface area contributed by atoms with Gasteiger partial charge in [0.2, 0.25) is 0 Å². The van der Waals surface area contributed by atoms with Gasteiger partial charge in [-0.05, 0) is 12.0 Å². The molecule has 1 atom stereocenters. The van der Waals surface area contributed by atoms with Crippen LogP contribution in [0.2, 0.25) is 0 Å². The van der Waals surface area contributed by atoms with Crippen LogP contribution in [0.25, 0.3) is 0 Å². The van der Waals surface area contributed by atoms with Crippen LogP contribution in [0.1, 0.15) is 31.4 Å². The molecular formula is C11H16O3S. The predicted molar refractivity (Wildman–Crippen MR) is 60.0 cm³/mol. The molecule has 1 unspecified atom stereocenters. The lowest BCUT2D eigenvalue weighted by molar-refractivity contribution is 0.204. The molecule has 0 heterocycles. The van der Waals surface area contributed by atoms with E-state index in [9.17, 15) is 8.42 Å². The Balaban J connectivity index is 2.84. The summed E-state index contributed by atoms with van der Waals surface area (Å²) in [6.45, 7) is 2.00. The maximum Gasteiger partial charge on any atom is 0.264 e. The summed E-state index contributed by atoms with van der Waals surface area (Å²) in [6.07, 6.45) is 2.32. The normalized spacial score (nSPS) is 13.7. The first-order chi connectivity index (χ1) is 7.03. The van der Waals surface area contributed by atoms with Crippen LogP contribution in [0.4, 0.5) is 0 Å². The summed E-state index contributed by atoms with van der Waals surface area (Å²) in [6, 6.07) is 9.41. The van der Waals surface area contributed by atoms with E-state index in [1.165, 1.54) is 0 Å². The minimum Gasteiger partial charge on any atom is -0.262 e. The van der Waals surface area contributed by atoms with E-state index in [0.717, 1.165) is 18.2 Å². The fraction of sp³-hybridized carbons (Fsp3) is 0.455. The monoisotopic (exact) mass is 228 g/mol. The molecule has 0 spiro atoms. The van der Waals surface area contributed by atoms with Crippen LogP contribution >= 0.6 is 0 Å². The average Bonchev–Trinajstić information content (AvgIpc) is 2.17. The number of hydrogen-bond donors (Lipinski definition) is 0. The van der Waals surface area contributed by atoms with Gasteiger partial charge in [-0.25, -0.2) is 0 Å². The van der Waals surface area contributed by atoms with Crippen molar-refractivity contribution in [3.8, 4) is 0 Å². The van der Waals surface area contributed by atoms with Crippen molar-refractivity contribution in [1.29, 1.82) is 0 Å². The number of hydrogen-bond acceptors (Lipinski definition) is 3. The van der Waals surface area contributed by atoms with E-state index in [-0.39, 0.29) is 6.10 Å². The van der Waals surface area contributed by atoms with Crippen molar-refractivity contribution in [3.05, 3.63) is 35.9 Å². The lowest BCUT2D eigenvalue weighted by Gasteiger charge is -2.15. The zero-order valence-electron chi connectivity index (χ0n) is 9.01. The highest BCUT2D eigenvalue weighted by molar-refractivity contribution is 7.86. The summed E-state index contributed by atoms with van der Waals surface area (Å²) in [5.41, 5.74) is 0.907. The minimum absolute atomic E-state index is 0.355. The maximum atomic E-state index is 11.1. The highest BCUT2D eigenvalue weighted by Crippen LogP contribution is 2.23. The SMILES string of the molecule is CCCC(OS(C)(=O)=O)c1ccccc1. The van der Waals surface area contributed by atoms with E-state index >= 15 is 0 Å². The van der Waals surface area contributed by atoms with Crippen molar-refractivity contribution in [2.75, 3.05) is 6.26 Å². The predicted octanol–water partition coefficient (Wildman–Crippen LogP) is 2.50. The molecule has 0 saturated carbocycles. The molecule has 0 amide bonds. The zero-order chi connectivity index (χ0) is 11.3. The standard InChI is InChI=1S/C11H16O3S/c1-3-7-11(14-15(2,12)13)10-8-5-4-6-9-10/h4-6,8-9,11H,3,7H2,1-2H3. The molecule has 0 aromatic heterocycles. The van der Waals surface area contributed by atoms with Crippen LogP contribution in [0.15, 0.2) is 30.3 Å². The van der Waals surface area contributed by atoms with Gasteiger partial charge in [0.15, 0.2) is 0 Å². The van der Waals surface area contributed by atoms with Gasteiger partial charge in [0.05, 0.1) is 6.26 Å². The Morgan fingerprint density at radius 2 is 1.87 bits per heavy atom. The number of benzene rings is 1. The largest absolute Gasteiger partial charge is 0.264 e. The fourth-order valence-electron chi connectivity index (χ4n) is 1.41. The Kier molecular flexibility index (Phi) is 4.29. The molecule has 0 aliphatic heterocycles. The van der Waals surface area contributed by atoms with E-state index < -0.39 is 10.1 Å². The molecule has 0 fully saturated rings. The molecule has 0 aliphatic carbocycles. The van der Waals surface area contributed by atoms with E-state index in [0.29, 0.717) is 6.42 Å². The summed E-state index contributed by atoms with van der Waals surface area (Å²) in [5.74, 6) is 0. The Morgan fingerprint density at radius 1 is 1.27 bits per heavy atom. The van der Waals surface area contributed by atoms with Gasteiger partial charge in [-0.15, -0.1) is 0 Å². The lowest BCUT2D eigenvalue weighted by atomic mass is 10.1. The van der Waals surface area contributed by atoms with Crippen LogP contribution in [0, 0.1) is 0 Å². The topological polar surface area (TPSA) is 43.4 Å². The molecular weight excluding hydrogens is 212 g/mol. The van der Waals surface area contributed by atoms with E-state index in [2.05, 4.69) is 0 Å². The second-order valence-electron chi connectivity index (χ2n) is 3.49. The third-order valence-corrected chi connectivity index (χ3v) is 2.60. The van der Waals surface area contributed by atoms with Gasteiger partial charge < -0.3 is 0 Å². The maximum absolute atomic E-state index is 11.1. The van der Waals surface area contributed by atoms with E-state index in [1.54, 1.807) is 0 Å². The fourth-order valence-corrected chi connectivity index (χ4v) is 2.04. The molecule has 15 heavy (non-hydrogen) atoms. The van der Waals surface area contributed by atoms with Gasteiger partial charge >= 0.3 is 0 Å². The molecule has 3 nitrogen and oxygen atoms in total. The lowest BCUT2D eigenvalue weighted by Crippen LogP contribution is -2.10. The van der Waals surface area contributed by atoms with Gasteiger partial charge in [-0.3, -0.25) is 4.18 Å². The molecule has 0 bridgehead atoms. The highest BCUT2D eigenvalue weighted by Gasteiger charge is 2.16. The highest BCUT2D eigenvalue weighted by atomic mass is 32.2. The van der Waals surface area contributed by atoms with E-state index in [4.69, 9.17) is 4.18 Å². The second kappa shape index (κ2) is 5.28. The molecule has 0 aliphatic rings. The molecule has 84 valence electrons. The van der Waals surface area contributed by atoms with Crippen LogP contribution in [-0.2, 0) is 14.3 Å². The van der Waals surface area contributed by atoms with Crippen LogP contribution in [-0.4, -0.2) is 14.7 Å². The Labute approximate surface area is 91.2 Å². The molecule has 0 radical (unpaired) electrons. The van der Waals surface area contributed by atoms with Gasteiger partial charge in [-0.2, -0.15) is 8.42 Å². The first-order valence-corrected chi connectivity index (χ1v) is 6.78. The van der Waals surface area contributed by atoms with Crippen molar-refractivity contribution in [3.63, 3.8) is 0 Å². The van der Waals surface area contributed by atoms with Crippen molar-refractivity contribution in [2.45, 2.75) is 25.9 Å². The van der Waals surface area contributed by atoms with Gasteiger partial charge in [0.1, 0.15) is 6.10 Å². The van der Waals surface area contributed by atoms with Crippen molar-refractivity contribution in [2.24, 2.45) is 0 Å². The first kappa shape index (κ1) is 12.2. The zero-order valence-corrected chi connectivity index (χ0v) is 9.83. The summed E-state index contributed by atoms with van der Waals surface area (Å²) in [7, 11) is -3.39. The van der Waals surface area contributed by atoms with Crippen LogP contribution < -0.4 is 0 Å².